The lowest BCUT2D eigenvalue weighted by Gasteiger charge is -1.90. The van der Waals surface area contributed by atoms with E-state index in [9.17, 15) is 0 Å². The third kappa shape index (κ3) is 2.72. The molecule has 0 bridgehead atoms. The van der Waals surface area contributed by atoms with E-state index in [0.717, 1.165) is 5.56 Å². The predicted octanol–water partition coefficient (Wildman–Crippen LogP) is 2.17. The Morgan fingerprint density at radius 1 is 1.27 bits per heavy atom. The predicted molar refractivity (Wildman–Crippen MR) is 48.8 cm³/mol. The van der Waals surface area contributed by atoms with Gasteiger partial charge in [-0.3, -0.25) is 0 Å². The zero-order valence-corrected chi connectivity index (χ0v) is 6.33. The highest BCUT2D eigenvalue weighted by Crippen LogP contribution is 2.01. The van der Waals surface area contributed by atoms with Crippen molar-refractivity contribution >= 4 is 6.08 Å². The van der Waals surface area contributed by atoms with Crippen molar-refractivity contribution in [3.05, 3.63) is 54.2 Å². The van der Waals surface area contributed by atoms with Crippen LogP contribution >= 0.6 is 0 Å². The highest BCUT2D eigenvalue weighted by molar-refractivity contribution is 5.51. The molecule has 0 aromatic heterocycles. The second kappa shape index (κ2) is 3.62. The monoisotopic (exact) mass is 145 g/mol. The molecule has 1 rings (SSSR count). The van der Waals surface area contributed by atoms with Gasteiger partial charge in [0, 0.05) is 5.70 Å². The van der Waals surface area contributed by atoms with E-state index in [4.69, 9.17) is 5.73 Å². The third-order valence-electron chi connectivity index (χ3n) is 1.29. The van der Waals surface area contributed by atoms with E-state index in [1.54, 1.807) is 6.08 Å². The van der Waals surface area contributed by atoms with Gasteiger partial charge in [-0.25, -0.2) is 0 Å². The van der Waals surface area contributed by atoms with E-state index in [1.807, 2.05) is 36.4 Å². The molecule has 1 nitrogen and oxygen atoms in total. The number of allylic oxidation sites excluding steroid dienone is 1. The molecule has 56 valence electrons. The van der Waals surface area contributed by atoms with Gasteiger partial charge in [0.05, 0.1) is 0 Å². The maximum absolute atomic E-state index is 5.36. The van der Waals surface area contributed by atoms with Crippen LogP contribution in [0.25, 0.3) is 6.08 Å². The van der Waals surface area contributed by atoms with Gasteiger partial charge in [-0.2, -0.15) is 0 Å². The first-order valence-electron chi connectivity index (χ1n) is 3.46. The molecular formula is C10H11N. The SMILES string of the molecule is C=C(N)C=Cc1ccccc1. The second-order valence-electron chi connectivity index (χ2n) is 2.32. The Labute approximate surface area is 66.9 Å². The molecule has 11 heavy (non-hydrogen) atoms. The Morgan fingerprint density at radius 2 is 1.91 bits per heavy atom. The number of nitrogens with two attached hydrogens (primary N) is 1. The van der Waals surface area contributed by atoms with E-state index < -0.39 is 0 Å². The van der Waals surface area contributed by atoms with E-state index >= 15 is 0 Å². The average Bonchev–Trinajstić information content (AvgIpc) is 2.03. The minimum absolute atomic E-state index is 0.578. The molecule has 1 aromatic carbocycles. The third-order valence-corrected chi connectivity index (χ3v) is 1.29. The number of benzene rings is 1. The van der Waals surface area contributed by atoms with Crippen molar-refractivity contribution in [1.82, 2.24) is 0 Å². The van der Waals surface area contributed by atoms with Crippen LogP contribution in [0.1, 0.15) is 5.56 Å². The molecule has 0 spiro atoms. The second-order valence-corrected chi connectivity index (χ2v) is 2.32. The Kier molecular flexibility index (Phi) is 2.50. The molecule has 0 atom stereocenters. The Morgan fingerprint density at radius 3 is 2.45 bits per heavy atom. The van der Waals surface area contributed by atoms with Gasteiger partial charge in [-0.15, -0.1) is 0 Å². The van der Waals surface area contributed by atoms with Crippen molar-refractivity contribution in [2.75, 3.05) is 0 Å². The quantitative estimate of drug-likeness (QED) is 0.634. The zero-order valence-electron chi connectivity index (χ0n) is 6.33. The highest BCUT2D eigenvalue weighted by Gasteiger charge is 1.81. The largest absolute Gasteiger partial charge is 0.399 e. The van der Waals surface area contributed by atoms with Crippen molar-refractivity contribution < 1.29 is 0 Å². The number of rotatable bonds is 2. The van der Waals surface area contributed by atoms with Gasteiger partial charge in [0.1, 0.15) is 0 Å². The minimum Gasteiger partial charge on any atom is -0.399 e. The van der Waals surface area contributed by atoms with Gasteiger partial charge in [0.25, 0.3) is 0 Å². The van der Waals surface area contributed by atoms with Crippen LogP contribution in [0.4, 0.5) is 0 Å². The Balaban J connectivity index is 2.72. The first-order valence-corrected chi connectivity index (χ1v) is 3.46. The van der Waals surface area contributed by atoms with Gasteiger partial charge in [-0.05, 0) is 11.6 Å². The standard InChI is InChI=1S/C10H11N/c1-9(11)7-8-10-5-3-2-4-6-10/h2-8H,1,11H2. The van der Waals surface area contributed by atoms with Crippen LogP contribution < -0.4 is 5.73 Å². The van der Waals surface area contributed by atoms with Gasteiger partial charge in [-0.1, -0.05) is 43.0 Å². The maximum Gasteiger partial charge on any atom is 0.0241 e. The lowest BCUT2D eigenvalue weighted by molar-refractivity contribution is 1.46. The summed E-state index contributed by atoms with van der Waals surface area (Å²) in [5, 5.41) is 0. The van der Waals surface area contributed by atoms with Crippen LogP contribution in [0, 0.1) is 0 Å². The molecule has 0 radical (unpaired) electrons. The average molecular weight is 145 g/mol. The lowest BCUT2D eigenvalue weighted by Crippen LogP contribution is -1.87. The molecule has 0 aliphatic rings. The van der Waals surface area contributed by atoms with E-state index in [0.29, 0.717) is 5.70 Å². The van der Waals surface area contributed by atoms with Crippen LogP contribution in [-0.4, -0.2) is 0 Å². The molecule has 1 heteroatoms. The number of hydrogen-bond donors (Lipinski definition) is 1. The van der Waals surface area contributed by atoms with Gasteiger partial charge < -0.3 is 5.73 Å². The van der Waals surface area contributed by atoms with Crippen molar-refractivity contribution in [3.63, 3.8) is 0 Å². The van der Waals surface area contributed by atoms with Gasteiger partial charge in [0.2, 0.25) is 0 Å². The van der Waals surface area contributed by atoms with Gasteiger partial charge >= 0.3 is 0 Å². The van der Waals surface area contributed by atoms with Crippen molar-refractivity contribution in [1.29, 1.82) is 0 Å². The van der Waals surface area contributed by atoms with Crippen LogP contribution in [0.15, 0.2) is 48.7 Å². The van der Waals surface area contributed by atoms with Crippen LogP contribution in [0.3, 0.4) is 0 Å². The molecule has 1 aromatic rings. The summed E-state index contributed by atoms with van der Waals surface area (Å²) >= 11 is 0. The van der Waals surface area contributed by atoms with Crippen molar-refractivity contribution in [3.8, 4) is 0 Å². The van der Waals surface area contributed by atoms with E-state index in [1.165, 1.54) is 0 Å². The first-order chi connectivity index (χ1) is 5.29. The molecular weight excluding hydrogens is 134 g/mol. The summed E-state index contributed by atoms with van der Waals surface area (Å²) in [6, 6.07) is 9.98. The summed E-state index contributed by atoms with van der Waals surface area (Å²) in [6.45, 7) is 3.56. The van der Waals surface area contributed by atoms with Crippen LogP contribution in [-0.2, 0) is 0 Å². The molecule has 0 aliphatic carbocycles. The molecule has 0 fully saturated rings. The molecule has 0 saturated carbocycles. The zero-order chi connectivity index (χ0) is 8.10. The Hall–Kier alpha value is -1.50. The van der Waals surface area contributed by atoms with Crippen molar-refractivity contribution in [2.24, 2.45) is 5.73 Å². The highest BCUT2D eigenvalue weighted by atomic mass is 14.5. The molecule has 0 aliphatic heterocycles. The fourth-order valence-electron chi connectivity index (χ4n) is 0.767. The first kappa shape index (κ1) is 7.61. The fraction of sp³-hybridized carbons (Fsp3) is 0. The molecule has 0 unspecified atom stereocenters. The van der Waals surface area contributed by atoms with Crippen molar-refractivity contribution in [2.45, 2.75) is 0 Å². The van der Waals surface area contributed by atoms with E-state index in [-0.39, 0.29) is 0 Å². The molecule has 2 N–H and O–H groups in total. The summed E-state index contributed by atoms with van der Waals surface area (Å²) in [6.07, 6.45) is 3.72. The summed E-state index contributed by atoms with van der Waals surface area (Å²) < 4.78 is 0. The maximum atomic E-state index is 5.36. The summed E-state index contributed by atoms with van der Waals surface area (Å²) in [5.41, 5.74) is 7.07. The fourth-order valence-corrected chi connectivity index (χ4v) is 0.767. The number of hydrogen-bond acceptors (Lipinski definition) is 1. The minimum atomic E-state index is 0.578. The molecule has 0 saturated heterocycles. The Bertz CT molecular complexity index is 259. The normalized spacial score (nSPS) is 10.2. The van der Waals surface area contributed by atoms with Crippen LogP contribution in [0.2, 0.25) is 0 Å². The van der Waals surface area contributed by atoms with Gasteiger partial charge in [0.15, 0.2) is 0 Å². The summed E-state index contributed by atoms with van der Waals surface area (Å²) in [5.74, 6) is 0. The topological polar surface area (TPSA) is 26.0 Å². The summed E-state index contributed by atoms with van der Waals surface area (Å²) in [4.78, 5) is 0. The lowest BCUT2D eigenvalue weighted by atomic mass is 10.2. The molecule has 0 amide bonds. The summed E-state index contributed by atoms with van der Waals surface area (Å²) in [7, 11) is 0. The van der Waals surface area contributed by atoms with Crippen LogP contribution in [0.5, 0.6) is 0 Å². The smallest absolute Gasteiger partial charge is 0.0241 e. The molecule has 0 heterocycles. The van der Waals surface area contributed by atoms with E-state index in [2.05, 4.69) is 6.58 Å².